The number of allylic oxidation sites excluding steroid dienone is 1. The molecule has 0 aromatic rings. The number of fused-ring (bicyclic) bond motifs is 2. The molecule has 5 atom stereocenters. The van der Waals surface area contributed by atoms with Gasteiger partial charge in [-0.1, -0.05) is 22.0 Å². The Labute approximate surface area is 78.7 Å². The van der Waals surface area contributed by atoms with Crippen molar-refractivity contribution in [1.82, 2.24) is 0 Å². The summed E-state index contributed by atoms with van der Waals surface area (Å²) in [5.41, 5.74) is 0. The van der Waals surface area contributed by atoms with Crippen molar-refractivity contribution in [2.24, 2.45) is 11.8 Å². The quantitative estimate of drug-likeness (QED) is 0.658. The average molecular weight is 219 g/mol. The van der Waals surface area contributed by atoms with E-state index in [4.69, 9.17) is 7.48 Å². The summed E-state index contributed by atoms with van der Waals surface area (Å²) in [6, 6.07) is 0. The Bertz CT molecular complexity index is 244. The van der Waals surface area contributed by atoms with Gasteiger partial charge in [-0.25, -0.2) is 0 Å². The van der Waals surface area contributed by atoms with E-state index in [2.05, 4.69) is 22.0 Å². The normalized spacial score (nSPS) is 58.4. The molecule has 0 N–H and O–H groups in total. The second-order valence-electron chi connectivity index (χ2n) is 3.16. The van der Waals surface area contributed by atoms with Gasteiger partial charge >= 0.3 is 0 Å². The van der Waals surface area contributed by atoms with Crippen molar-refractivity contribution < 1.29 is 7.48 Å². The molecular weight excluding hydrogens is 204 g/mol. The first-order valence-electron chi connectivity index (χ1n) is 5.05. The summed E-state index contributed by atoms with van der Waals surface area (Å²) in [6.07, 6.45) is 2.44. The standard InChI is InChI=1S/C9H13BrO/c1-11-9-7-3-2-6(4-7)5-8(9)10/h5-7,9H,2-4H2,1H3/t6-,7+,9-/m0/s1/i2D,3D/t2-,3+,6+,7-,9+/m1. The van der Waals surface area contributed by atoms with Crippen molar-refractivity contribution in [3.8, 4) is 0 Å². The average Bonchev–Trinajstić information content (AvgIpc) is 2.33. The van der Waals surface area contributed by atoms with E-state index in [0.717, 1.165) is 10.9 Å². The number of ether oxygens (including phenoxy) is 1. The van der Waals surface area contributed by atoms with Crippen molar-refractivity contribution >= 4 is 15.9 Å². The van der Waals surface area contributed by atoms with Gasteiger partial charge in [0, 0.05) is 14.3 Å². The largest absolute Gasteiger partial charge is 0.376 e. The molecule has 0 spiro atoms. The van der Waals surface area contributed by atoms with Gasteiger partial charge in [-0.3, -0.25) is 0 Å². The second-order valence-corrected chi connectivity index (χ2v) is 4.07. The summed E-state index contributed by atoms with van der Waals surface area (Å²) in [5, 5.41) is 0. The molecule has 62 valence electrons. The highest BCUT2D eigenvalue weighted by Crippen LogP contribution is 2.43. The lowest BCUT2D eigenvalue weighted by atomic mass is 9.93. The van der Waals surface area contributed by atoms with Crippen LogP contribution in [0.1, 0.15) is 22.0 Å². The molecule has 11 heavy (non-hydrogen) atoms. The molecule has 0 aromatic carbocycles. The predicted molar refractivity (Wildman–Crippen MR) is 48.6 cm³/mol. The van der Waals surface area contributed by atoms with Gasteiger partial charge in [0.1, 0.15) is 0 Å². The van der Waals surface area contributed by atoms with Crippen molar-refractivity contribution in [3.63, 3.8) is 0 Å². The Morgan fingerprint density at radius 3 is 3.27 bits per heavy atom. The molecule has 1 nitrogen and oxygen atoms in total. The lowest BCUT2D eigenvalue weighted by molar-refractivity contribution is 0.0847. The first-order valence-corrected chi connectivity index (χ1v) is 4.69. The van der Waals surface area contributed by atoms with Crippen LogP contribution >= 0.6 is 15.9 Å². The monoisotopic (exact) mass is 218 g/mol. The van der Waals surface area contributed by atoms with E-state index in [0.29, 0.717) is 0 Å². The molecule has 0 unspecified atom stereocenters. The molecule has 1 fully saturated rings. The Morgan fingerprint density at radius 1 is 1.73 bits per heavy atom. The van der Waals surface area contributed by atoms with E-state index in [1.54, 1.807) is 7.11 Å². The Morgan fingerprint density at radius 2 is 2.55 bits per heavy atom. The number of rotatable bonds is 1. The van der Waals surface area contributed by atoms with Crippen molar-refractivity contribution in [1.29, 1.82) is 0 Å². The molecule has 0 heterocycles. The summed E-state index contributed by atoms with van der Waals surface area (Å²) >= 11 is 3.46. The van der Waals surface area contributed by atoms with Gasteiger partial charge < -0.3 is 4.74 Å². The van der Waals surface area contributed by atoms with Gasteiger partial charge in [-0.15, -0.1) is 0 Å². The van der Waals surface area contributed by atoms with Gasteiger partial charge in [0.15, 0.2) is 0 Å². The maximum atomic E-state index is 7.87. The first-order chi connectivity index (χ1) is 6.15. The molecule has 2 heteroatoms. The number of hydrogen-bond acceptors (Lipinski definition) is 1. The van der Waals surface area contributed by atoms with Crippen LogP contribution in [0.3, 0.4) is 0 Å². The van der Waals surface area contributed by atoms with Crippen LogP contribution in [-0.2, 0) is 4.74 Å². The van der Waals surface area contributed by atoms with Crippen molar-refractivity contribution in [2.45, 2.75) is 25.3 Å². The van der Waals surface area contributed by atoms with Crippen LogP contribution in [-0.4, -0.2) is 13.2 Å². The maximum absolute atomic E-state index is 7.87. The lowest BCUT2D eigenvalue weighted by Gasteiger charge is -2.25. The molecule has 2 bridgehead atoms. The van der Waals surface area contributed by atoms with Gasteiger partial charge in [0.05, 0.1) is 6.10 Å². The maximum Gasteiger partial charge on any atom is 0.0910 e. The number of halogens is 1. The van der Waals surface area contributed by atoms with Crippen LogP contribution in [0.25, 0.3) is 0 Å². The molecule has 0 amide bonds. The van der Waals surface area contributed by atoms with E-state index < -0.39 is 0 Å². The molecule has 0 radical (unpaired) electrons. The Balaban J connectivity index is 2.28. The molecule has 2 aliphatic carbocycles. The van der Waals surface area contributed by atoms with Gasteiger partial charge in [-0.2, -0.15) is 0 Å². The van der Waals surface area contributed by atoms with E-state index in [9.17, 15) is 0 Å². The fourth-order valence-electron chi connectivity index (χ4n) is 1.90. The Kier molecular flexibility index (Phi) is 1.52. The summed E-state index contributed by atoms with van der Waals surface area (Å²) in [7, 11) is 1.67. The smallest absolute Gasteiger partial charge is 0.0910 e. The third-order valence-electron chi connectivity index (χ3n) is 2.44. The minimum atomic E-state index is -0.291. The van der Waals surface area contributed by atoms with Crippen LogP contribution < -0.4 is 0 Å². The minimum absolute atomic E-state index is 0.00843. The van der Waals surface area contributed by atoms with Crippen molar-refractivity contribution in [2.75, 3.05) is 7.11 Å². The van der Waals surface area contributed by atoms with Crippen molar-refractivity contribution in [3.05, 3.63) is 10.6 Å². The molecule has 0 aromatic heterocycles. The van der Waals surface area contributed by atoms with Crippen LogP contribution in [0.4, 0.5) is 0 Å². The third-order valence-corrected chi connectivity index (χ3v) is 3.15. The highest BCUT2D eigenvalue weighted by Gasteiger charge is 2.35. The Hall–Kier alpha value is 0.180. The van der Waals surface area contributed by atoms with E-state index in [1.165, 1.54) is 0 Å². The zero-order valence-corrected chi connectivity index (χ0v) is 8.04. The third kappa shape index (κ3) is 1.27. The van der Waals surface area contributed by atoms with Crippen LogP contribution in [0.2, 0.25) is 0 Å². The fraction of sp³-hybridized carbons (Fsp3) is 0.778. The highest BCUT2D eigenvalue weighted by atomic mass is 79.9. The highest BCUT2D eigenvalue weighted by molar-refractivity contribution is 9.11. The summed E-state index contributed by atoms with van der Waals surface area (Å²) in [4.78, 5) is 0. The van der Waals surface area contributed by atoms with Crippen LogP contribution in [0.5, 0.6) is 0 Å². The number of methoxy groups -OCH3 is 1. The summed E-state index contributed by atoms with van der Waals surface area (Å²) in [5.74, 6) is 0.463. The molecule has 0 saturated heterocycles. The molecule has 0 aliphatic heterocycles. The zero-order valence-electron chi connectivity index (χ0n) is 8.46. The molecule has 2 aliphatic rings. The molecular formula is C9H13BrO. The fourth-order valence-corrected chi connectivity index (χ4v) is 2.76. The first kappa shape index (κ1) is 5.76. The zero-order chi connectivity index (χ0) is 9.59. The lowest BCUT2D eigenvalue weighted by Crippen LogP contribution is -2.23. The van der Waals surface area contributed by atoms with Crippen LogP contribution in [0, 0.1) is 11.8 Å². The SMILES string of the molecule is [2H][C@@H]1[C@H]([2H])[C@@H]2C[C@H]1C=C(Br)[C@H]2OC. The van der Waals surface area contributed by atoms with Crippen LogP contribution in [0.15, 0.2) is 10.6 Å². The second kappa shape index (κ2) is 2.91. The number of hydrogen-bond donors (Lipinski definition) is 0. The van der Waals surface area contributed by atoms with E-state index in [1.807, 2.05) is 0 Å². The van der Waals surface area contributed by atoms with Gasteiger partial charge in [-0.05, 0) is 31.1 Å². The summed E-state index contributed by atoms with van der Waals surface area (Å²) in [6.45, 7) is 0. The van der Waals surface area contributed by atoms with E-state index >= 15 is 0 Å². The predicted octanol–water partition coefficient (Wildman–Crippen LogP) is 2.71. The van der Waals surface area contributed by atoms with Gasteiger partial charge in [0.25, 0.3) is 0 Å². The summed E-state index contributed by atoms with van der Waals surface area (Å²) < 4.78 is 22.0. The minimum Gasteiger partial charge on any atom is -0.376 e. The molecule has 2 rings (SSSR count). The van der Waals surface area contributed by atoms with E-state index in [-0.39, 0.29) is 30.7 Å². The topological polar surface area (TPSA) is 9.23 Å². The van der Waals surface area contributed by atoms with Gasteiger partial charge in [0.2, 0.25) is 0 Å². The molecule has 1 saturated carbocycles.